The molecule has 2 saturated heterocycles. The maximum absolute atomic E-state index is 12.9. The zero-order valence-electron chi connectivity index (χ0n) is 16.6. The van der Waals surface area contributed by atoms with Crippen LogP contribution in [0.25, 0.3) is 10.2 Å². The number of sulfonamides is 1. The number of hydrogen-bond donors (Lipinski definition) is 1. The first-order valence-corrected chi connectivity index (χ1v) is 12.5. The van der Waals surface area contributed by atoms with E-state index >= 15 is 0 Å². The normalized spacial score (nSPS) is 21.2. The molecule has 1 unspecified atom stereocenters. The second-order valence-electron chi connectivity index (χ2n) is 8.17. The van der Waals surface area contributed by atoms with Crippen molar-refractivity contribution in [3.05, 3.63) is 70.2 Å². The van der Waals surface area contributed by atoms with Crippen molar-refractivity contribution < 1.29 is 13.2 Å². The van der Waals surface area contributed by atoms with Gasteiger partial charge in [0.05, 0.1) is 20.6 Å². The molecular formula is C22H20N4O3S2. The van der Waals surface area contributed by atoms with Gasteiger partial charge in [0.15, 0.2) is 0 Å². The minimum atomic E-state index is -3.51. The molecule has 6 rings (SSSR count). The first-order valence-electron chi connectivity index (χ1n) is 10.1. The standard InChI is InChI=1S/C22H20N4O3S2/c27-22(21-18-4-2-1-3-14(18)8-23-21)25-9-15(10-25)16-11-26(12-16)31(28,29)17-5-6-19-20(7-17)30-13-24-19/h1-7,13,21,23H,8-12H2. The van der Waals surface area contributed by atoms with E-state index < -0.39 is 10.0 Å². The molecule has 7 nitrogen and oxygen atoms in total. The zero-order chi connectivity index (χ0) is 21.2. The van der Waals surface area contributed by atoms with Gasteiger partial charge >= 0.3 is 0 Å². The average molecular weight is 453 g/mol. The highest BCUT2D eigenvalue weighted by Crippen LogP contribution is 2.34. The maximum Gasteiger partial charge on any atom is 0.244 e. The Kier molecular flexibility index (Phi) is 4.29. The molecule has 1 aromatic heterocycles. The number of hydrogen-bond acceptors (Lipinski definition) is 6. The molecule has 1 atom stereocenters. The Morgan fingerprint density at radius 3 is 2.68 bits per heavy atom. The van der Waals surface area contributed by atoms with Crippen molar-refractivity contribution in [1.29, 1.82) is 0 Å². The maximum atomic E-state index is 12.9. The fraction of sp³-hybridized carbons (Fsp3) is 0.273. The summed E-state index contributed by atoms with van der Waals surface area (Å²) in [5.41, 5.74) is 7.09. The van der Waals surface area contributed by atoms with Crippen LogP contribution in [0.1, 0.15) is 17.2 Å². The van der Waals surface area contributed by atoms with Crippen LogP contribution in [0, 0.1) is 0 Å². The summed E-state index contributed by atoms with van der Waals surface area (Å²) in [7, 11) is -3.51. The van der Waals surface area contributed by atoms with Crippen LogP contribution in [0.4, 0.5) is 0 Å². The molecule has 1 amide bonds. The third kappa shape index (κ3) is 3.03. The third-order valence-electron chi connectivity index (χ3n) is 6.36. The summed E-state index contributed by atoms with van der Waals surface area (Å²) in [6.45, 7) is 2.72. The van der Waals surface area contributed by atoms with E-state index in [0.29, 0.717) is 37.6 Å². The minimum Gasteiger partial charge on any atom is -0.333 e. The van der Waals surface area contributed by atoms with E-state index in [1.165, 1.54) is 26.8 Å². The van der Waals surface area contributed by atoms with Gasteiger partial charge in [-0.15, -0.1) is 11.3 Å². The number of rotatable bonds is 3. The van der Waals surface area contributed by atoms with Gasteiger partial charge in [-0.1, -0.05) is 24.3 Å². The first-order chi connectivity index (χ1) is 15.0. The van der Waals surface area contributed by atoms with Crippen LogP contribution in [0.2, 0.25) is 0 Å². The molecule has 0 spiro atoms. The molecule has 31 heavy (non-hydrogen) atoms. The van der Waals surface area contributed by atoms with Crippen LogP contribution in [-0.4, -0.2) is 54.7 Å². The molecule has 2 fully saturated rings. The lowest BCUT2D eigenvalue weighted by molar-refractivity contribution is -0.134. The van der Waals surface area contributed by atoms with E-state index in [-0.39, 0.29) is 11.9 Å². The van der Waals surface area contributed by atoms with Crippen LogP contribution >= 0.6 is 11.3 Å². The van der Waals surface area contributed by atoms with Gasteiger partial charge in [-0.25, -0.2) is 13.4 Å². The van der Waals surface area contributed by atoms with Gasteiger partial charge in [-0.3, -0.25) is 10.1 Å². The number of nitrogens with one attached hydrogen (secondary N) is 1. The average Bonchev–Trinajstić information content (AvgIpc) is 3.34. The Hall–Kier alpha value is -2.59. The minimum absolute atomic E-state index is 0.0935. The monoisotopic (exact) mass is 452 g/mol. The van der Waals surface area contributed by atoms with Crippen molar-refractivity contribution in [2.45, 2.75) is 17.5 Å². The van der Waals surface area contributed by atoms with Crippen molar-refractivity contribution in [2.24, 2.45) is 0 Å². The van der Waals surface area contributed by atoms with E-state index in [2.05, 4.69) is 16.4 Å². The third-order valence-corrected chi connectivity index (χ3v) is 8.94. The predicted octanol–water partition coefficient (Wildman–Crippen LogP) is 2.28. The van der Waals surface area contributed by atoms with Crippen LogP contribution in [0.3, 0.4) is 0 Å². The Morgan fingerprint density at radius 2 is 1.84 bits per heavy atom. The summed E-state index contributed by atoms with van der Waals surface area (Å²) >= 11 is 1.44. The molecule has 3 aliphatic heterocycles. The molecule has 0 radical (unpaired) electrons. The fourth-order valence-electron chi connectivity index (χ4n) is 4.41. The highest BCUT2D eigenvalue weighted by Gasteiger charge is 2.40. The van der Waals surface area contributed by atoms with Gasteiger partial charge in [0.25, 0.3) is 0 Å². The molecule has 3 aromatic rings. The summed E-state index contributed by atoms with van der Waals surface area (Å²) in [5, 5.41) is 3.30. The molecule has 0 bridgehead atoms. The molecule has 2 aromatic carbocycles. The molecule has 158 valence electrons. The van der Waals surface area contributed by atoms with Crippen molar-refractivity contribution in [1.82, 2.24) is 19.5 Å². The highest BCUT2D eigenvalue weighted by atomic mass is 32.2. The van der Waals surface area contributed by atoms with E-state index in [1.54, 1.807) is 23.7 Å². The summed E-state index contributed by atoms with van der Waals surface area (Å²) < 4.78 is 28.2. The zero-order valence-corrected chi connectivity index (χ0v) is 18.2. The van der Waals surface area contributed by atoms with Crippen LogP contribution < -0.4 is 5.32 Å². The lowest BCUT2D eigenvalue weighted by Gasteiger charge is -2.42. The van der Waals surface area contributed by atoms with Gasteiger partial charge in [-0.05, 0) is 40.5 Å². The number of benzene rings is 2. The molecule has 0 aliphatic carbocycles. The molecule has 3 aliphatic rings. The van der Waals surface area contributed by atoms with Gasteiger partial charge in [-0.2, -0.15) is 4.31 Å². The summed E-state index contributed by atoms with van der Waals surface area (Å²) in [6, 6.07) is 12.8. The Labute approximate surface area is 184 Å². The molecule has 1 N–H and O–H groups in total. The second-order valence-corrected chi connectivity index (χ2v) is 11.0. The van der Waals surface area contributed by atoms with Crippen LogP contribution in [0.5, 0.6) is 0 Å². The Balaban J connectivity index is 1.11. The summed E-state index contributed by atoms with van der Waals surface area (Å²) in [5.74, 6) is 0.0935. The van der Waals surface area contributed by atoms with Gasteiger partial charge in [0.2, 0.25) is 15.9 Å². The SMILES string of the molecule is O=C(C1NCc2ccccc21)N1CC(=C2CN(S(=O)(=O)c3ccc4ncsc4c3)C2)C1. The van der Waals surface area contributed by atoms with Gasteiger partial charge in [0.1, 0.15) is 6.04 Å². The van der Waals surface area contributed by atoms with E-state index in [9.17, 15) is 13.2 Å². The summed E-state index contributed by atoms with van der Waals surface area (Å²) in [4.78, 5) is 19.2. The van der Waals surface area contributed by atoms with Crippen molar-refractivity contribution >= 4 is 37.5 Å². The molecular weight excluding hydrogens is 432 g/mol. The van der Waals surface area contributed by atoms with Crippen LogP contribution in [0.15, 0.2) is 64.0 Å². The number of nitrogens with zero attached hydrogens (tertiary/aromatic N) is 3. The number of amides is 1. The molecule has 9 heteroatoms. The lowest BCUT2D eigenvalue weighted by atomic mass is 9.95. The van der Waals surface area contributed by atoms with Gasteiger partial charge < -0.3 is 4.90 Å². The van der Waals surface area contributed by atoms with E-state index in [0.717, 1.165) is 21.4 Å². The molecule has 0 saturated carbocycles. The Morgan fingerprint density at radius 1 is 1.06 bits per heavy atom. The largest absolute Gasteiger partial charge is 0.333 e. The number of fused-ring (bicyclic) bond motifs is 2. The number of likely N-dealkylation sites (tertiary alicyclic amines) is 1. The number of carbonyl (C=O) groups is 1. The topological polar surface area (TPSA) is 82.6 Å². The van der Waals surface area contributed by atoms with Crippen molar-refractivity contribution in [2.75, 3.05) is 26.2 Å². The van der Waals surface area contributed by atoms with Crippen molar-refractivity contribution in [3.8, 4) is 0 Å². The van der Waals surface area contributed by atoms with Gasteiger partial charge in [0, 0.05) is 32.7 Å². The number of thiazole rings is 1. The fourth-order valence-corrected chi connectivity index (χ4v) is 6.66. The Bertz CT molecular complexity index is 1350. The summed E-state index contributed by atoms with van der Waals surface area (Å²) in [6.07, 6.45) is 0. The highest BCUT2D eigenvalue weighted by molar-refractivity contribution is 7.89. The van der Waals surface area contributed by atoms with Crippen molar-refractivity contribution in [3.63, 3.8) is 0 Å². The predicted molar refractivity (Wildman–Crippen MR) is 118 cm³/mol. The van der Waals surface area contributed by atoms with E-state index in [1.807, 2.05) is 23.1 Å². The first kappa shape index (κ1) is 19.1. The smallest absolute Gasteiger partial charge is 0.244 e. The molecule has 4 heterocycles. The van der Waals surface area contributed by atoms with Crippen LogP contribution in [-0.2, 0) is 21.4 Å². The van der Waals surface area contributed by atoms with E-state index in [4.69, 9.17) is 0 Å². The quantitative estimate of drug-likeness (QED) is 0.617. The number of carbonyl (C=O) groups excluding carboxylic acids is 1. The lowest BCUT2D eigenvalue weighted by Crippen LogP contribution is -2.53. The number of aromatic nitrogens is 1. The second kappa shape index (κ2) is 6.96.